The van der Waals surface area contributed by atoms with Crippen molar-refractivity contribution in [2.45, 2.75) is 32.9 Å². The highest BCUT2D eigenvalue weighted by Crippen LogP contribution is 2.35. The first-order valence-corrected chi connectivity index (χ1v) is 6.06. The first-order chi connectivity index (χ1) is 8.15. The van der Waals surface area contributed by atoms with E-state index in [1.807, 2.05) is 12.3 Å². The minimum atomic E-state index is 0.185. The maximum atomic E-state index is 5.82. The van der Waals surface area contributed by atoms with Crippen LogP contribution in [0.5, 0.6) is 5.88 Å². The molecule has 1 N–H and O–H groups in total. The van der Waals surface area contributed by atoms with Crippen molar-refractivity contribution in [3.05, 3.63) is 18.3 Å². The molecular weight excluding hydrogens is 214 g/mol. The van der Waals surface area contributed by atoms with Gasteiger partial charge in [0.25, 0.3) is 0 Å². The SMILES string of the molecule is CC1CN(C(C)C)c2cc3cc[nH]c3nc2O1. The Morgan fingerprint density at radius 1 is 1.53 bits per heavy atom. The highest BCUT2D eigenvalue weighted by atomic mass is 16.5. The molecule has 4 nitrogen and oxygen atoms in total. The van der Waals surface area contributed by atoms with Crippen LogP contribution >= 0.6 is 0 Å². The van der Waals surface area contributed by atoms with Crippen LogP contribution in [0.3, 0.4) is 0 Å². The molecule has 0 amide bonds. The van der Waals surface area contributed by atoms with Gasteiger partial charge in [-0.15, -0.1) is 0 Å². The molecule has 1 atom stereocenters. The lowest BCUT2D eigenvalue weighted by atomic mass is 10.2. The van der Waals surface area contributed by atoms with E-state index in [1.54, 1.807) is 0 Å². The largest absolute Gasteiger partial charge is 0.471 e. The smallest absolute Gasteiger partial charge is 0.239 e. The number of fused-ring (bicyclic) bond motifs is 2. The Morgan fingerprint density at radius 3 is 3.12 bits per heavy atom. The summed E-state index contributed by atoms with van der Waals surface area (Å²) in [6, 6.07) is 4.65. The first-order valence-electron chi connectivity index (χ1n) is 6.06. The molecule has 2 aromatic heterocycles. The summed E-state index contributed by atoms with van der Waals surface area (Å²) in [5.41, 5.74) is 1.99. The summed E-state index contributed by atoms with van der Waals surface area (Å²) in [7, 11) is 0. The molecule has 0 saturated heterocycles. The van der Waals surface area contributed by atoms with Gasteiger partial charge >= 0.3 is 0 Å². The lowest BCUT2D eigenvalue weighted by Gasteiger charge is -2.36. The highest BCUT2D eigenvalue weighted by molar-refractivity contribution is 5.82. The van der Waals surface area contributed by atoms with Crippen molar-refractivity contribution in [1.29, 1.82) is 0 Å². The number of H-pyrrole nitrogens is 1. The summed E-state index contributed by atoms with van der Waals surface area (Å²) in [6.07, 6.45) is 2.09. The van der Waals surface area contributed by atoms with E-state index in [0.29, 0.717) is 6.04 Å². The molecule has 3 rings (SSSR count). The van der Waals surface area contributed by atoms with E-state index in [9.17, 15) is 0 Å². The molecule has 3 heterocycles. The zero-order valence-corrected chi connectivity index (χ0v) is 10.4. The van der Waals surface area contributed by atoms with Gasteiger partial charge in [-0.3, -0.25) is 0 Å². The normalized spacial score (nSPS) is 19.5. The number of hydrogen-bond acceptors (Lipinski definition) is 3. The van der Waals surface area contributed by atoms with Gasteiger partial charge in [0.2, 0.25) is 5.88 Å². The van der Waals surface area contributed by atoms with Crippen LogP contribution in [-0.2, 0) is 0 Å². The van der Waals surface area contributed by atoms with E-state index in [0.717, 1.165) is 29.1 Å². The van der Waals surface area contributed by atoms with Gasteiger partial charge in [-0.05, 0) is 32.9 Å². The van der Waals surface area contributed by atoms with Crippen molar-refractivity contribution < 1.29 is 4.74 Å². The van der Waals surface area contributed by atoms with Gasteiger partial charge in [-0.2, -0.15) is 4.98 Å². The molecule has 0 bridgehead atoms. The average molecular weight is 231 g/mol. The number of anilines is 1. The lowest BCUT2D eigenvalue weighted by Crippen LogP contribution is -2.42. The van der Waals surface area contributed by atoms with Gasteiger partial charge in [0.15, 0.2) is 0 Å². The maximum absolute atomic E-state index is 5.82. The fourth-order valence-corrected chi connectivity index (χ4v) is 2.34. The van der Waals surface area contributed by atoms with E-state index < -0.39 is 0 Å². The second-order valence-electron chi connectivity index (χ2n) is 4.90. The van der Waals surface area contributed by atoms with Crippen LogP contribution in [0, 0.1) is 0 Å². The van der Waals surface area contributed by atoms with Crippen molar-refractivity contribution in [3.63, 3.8) is 0 Å². The zero-order valence-electron chi connectivity index (χ0n) is 10.4. The molecular formula is C13H17N3O. The van der Waals surface area contributed by atoms with E-state index in [2.05, 4.69) is 41.7 Å². The van der Waals surface area contributed by atoms with Gasteiger partial charge in [0.05, 0.1) is 6.54 Å². The fraction of sp³-hybridized carbons (Fsp3) is 0.462. The van der Waals surface area contributed by atoms with Gasteiger partial charge in [0.1, 0.15) is 17.4 Å². The predicted octanol–water partition coefficient (Wildman–Crippen LogP) is 2.56. The first kappa shape index (κ1) is 10.4. The molecule has 2 aromatic rings. The Labute approximate surface area is 101 Å². The van der Waals surface area contributed by atoms with Crippen LogP contribution in [0.4, 0.5) is 5.69 Å². The number of pyridine rings is 1. The number of ether oxygens (including phenoxy) is 1. The van der Waals surface area contributed by atoms with Crippen LogP contribution < -0.4 is 9.64 Å². The standard InChI is InChI=1S/C13H17N3O/c1-8(2)16-7-9(3)17-13-11(16)6-10-4-5-14-12(10)15-13/h4-6,8-9H,7H2,1-3H3,(H,14,15). The van der Waals surface area contributed by atoms with Crippen LogP contribution in [0.2, 0.25) is 0 Å². The predicted molar refractivity (Wildman–Crippen MR) is 68.7 cm³/mol. The van der Waals surface area contributed by atoms with Crippen LogP contribution in [-0.4, -0.2) is 28.7 Å². The number of aromatic amines is 1. The molecule has 0 spiro atoms. The summed E-state index contributed by atoms with van der Waals surface area (Å²) in [6.45, 7) is 7.40. The van der Waals surface area contributed by atoms with E-state index in [-0.39, 0.29) is 6.10 Å². The number of rotatable bonds is 1. The quantitative estimate of drug-likeness (QED) is 0.820. The van der Waals surface area contributed by atoms with Gasteiger partial charge in [-0.1, -0.05) is 0 Å². The second-order valence-corrected chi connectivity index (χ2v) is 4.90. The molecule has 1 unspecified atom stereocenters. The number of nitrogens with one attached hydrogen (secondary N) is 1. The Kier molecular flexibility index (Phi) is 2.24. The molecule has 17 heavy (non-hydrogen) atoms. The van der Waals surface area contributed by atoms with Crippen LogP contribution in [0.15, 0.2) is 18.3 Å². The molecule has 0 aromatic carbocycles. The minimum absolute atomic E-state index is 0.185. The molecule has 90 valence electrons. The maximum Gasteiger partial charge on any atom is 0.239 e. The third-order valence-electron chi connectivity index (χ3n) is 3.18. The van der Waals surface area contributed by atoms with Gasteiger partial charge in [-0.25, -0.2) is 0 Å². The third kappa shape index (κ3) is 1.64. The molecule has 0 aliphatic carbocycles. The lowest BCUT2D eigenvalue weighted by molar-refractivity contribution is 0.201. The van der Waals surface area contributed by atoms with Crippen LogP contribution in [0.1, 0.15) is 20.8 Å². The number of hydrogen-bond donors (Lipinski definition) is 1. The molecule has 1 aliphatic rings. The molecule has 1 aliphatic heterocycles. The van der Waals surface area contributed by atoms with E-state index >= 15 is 0 Å². The zero-order chi connectivity index (χ0) is 12.0. The van der Waals surface area contributed by atoms with E-state index in [1.165, 1.54) is 0 Å². The third-order valence-corrected chi connectivity index (χ3v) is 3.18. The average Bonchev–Trinajstić information content (AvgIpc) is 2.71. The summed E-state index contributed by atoms with van der Waals surface area (Å²) in [5, 5.41) is 1.13. The highest BCUT2D eigenvalue weighted by Gasteiger charge is 2.26. The molecule has 0 saturated carbocycles. The molecule has 0 fully saturated rings. The van der Waals surface area contributed by atoms with Crippen molar-refractivity contribution in [2.24, 2.45) is 0 Å². The Balaban J connectivity index is 2.17. The molecule has 4 heteroatoms. The Bertz CT molecular complexity index is 547. The van der Waals surface area contributed by atoms with E-state index in [4.69, 9.17) is 4.74 Å². The monoisotopic (exact) mass is 231 g/mol. The van der Waals surface area contributed by atoms with Gasteiger partial charge in [0, 0.05) is 17.6 Å². The van der Waals surface area contributed by atoms with Crippen molar-refractivity contribution in [2.75, 3.05) is 11.4 Å². The minimum Gasteiger partial charge on any atom is -0.471 e. The van der Waals surface area contributed by atoms with Crippen molar-refractivity contribution in [3.8, 4) is 5.88 Å². The summed E-state index contributed by atoms with van der Waals surface area (Å²) < 4.78 is 5.82. The summed E-state index contributed by atoms with van der Waals surface area (Å²) >= 11 is 0. The summed E-state index contributed by atoms with van der Waals surface area (Å²) in [4.78, 5) is 10.0. The molecule has 0 radical (unpaired) electrons. The van der Waals surface area contributed by atoms with Crippen molar-refractivity contribution in [1.82, 2.24) is 9.97 Å². The Morgan fingerprint density at radius 2 is 2.35 bits per heavy atom. The summed E-state index contributed by atoms with van der Waals surface area (Å²) in [5.74, 6) is 0.743. The Hall–Kier alpha value is -1.71. The fourth-order valence-electron chi connectivity index (χ4n) is 2.34. The van der Waals surface area contributed by atoms with Gasteiger partial charge < -0.3 is 14.6 Å². The topological polar surface area (TPSA) is 41.2 Å². The number of nitrogens with zero attached hydrogens (tertiary/aromatic N) is 2. The van der Waals surface area contributed by atoms with Crippen LogP contribution in [0.25, 0.3) is 11.0 Å². The van der Waals surface area contributed by atoms with Crippen molar-refractivity contribution >= 4 is 16.7 Å². The second kappa shape index (κ2) is 3.65. The number of aromatic nitrogens is 2.